The van der Waals surface area contributed by atoms with Crippen molar-refractivity contribution in [1.29, 1.82) is 0 Å². The van der Waals surface area contributed by atoms with Crippen molar-refractivity contribution in [2.24, 2.45) is 5.92 Å². The fraction of sp³-hybridized carbons (Fsp3) is 1.00. The van der Waals surface area contributed by atoms with Crippen LogP contribution in [0.4, 0.5) is 0 Å². The van der Waals surface area contributed by atoms with Crippen LogP contribution >= 0.6 is 0 Å². The molecule has 1 N–H and O–H groups in total. The Morgan fingerprint density at radius 3 is 2.32 bits per heavy atom. The first-order valence-corrected chi connectivity index (χ1v) is 8.63. The molecule has 2 nitrogen and oxygen atoms in total. The molecule has 0 bridgehead atoms. The lowest BCUT2D eigenvalue weighted by molar-refractivity contribution is 0.0908. The normalized spacial score (nSPS) is 12.8. The van der Waals surface area contributed by atoms with Gasteiger partial charge in [0.15, 0.2) is 0 Å². The molecule has 0 spiro atoms. The van der Waals surface area contributed by atoms with Crippen molar-refractivity contribution in [2.45, 2.75) is 78.6 Å². The molecule has 1 atom stereocenters. The Balaban J connectivity index is 3.16. The van der Waals surface area contributed by atoms with Crippen LogP contribution in [-0.2, 0) is 4.74 Å². The Hall–Kier alpha value is -0.0800. The first-order valence-electron chi connectivity index (χ1n) is 8.63. The van der Waals surface area contributed by atoms with E-state index >= 15 is 0 Å². The topological polar surface area (TPSA) is 21.3 Å². The molecule has 116 valence electrons. The molecular formula is C17H37NO. The van der Waals surface area contributed by atoms with Crippen LogP contribution in [0.3, 0.4) is 0 Å². The minimum Gasteiger partial charge on any atom is -0.381 e. The fourth-order valence-corrected chi connectivity index (χ4v) is 2.26. The second-order valence-corrected chi connectivity index (χ2v) is 5.66. The zero-order chi connectivity index (χ0) is 14.2. The maximum Gasteiger partial charge on any atom is 0.0494 e. The lowest BCUT2D eigenvalue weighted by atomic mass is 10.0. The SMILES string of the molecule is CCCCC(CC)COCCCCCCNCCC. The number of rotatable bonds is 15. The van der Waals surface area contributed by atoms with Crippen molar-refractivity contribution in [3.8, 4) is 0 Å². The first-order chi connectivity index (χ1) is 9.35. The molecule has 0 aromatic heterocycles. The highest BCUT2D eigenvalue weighted by molar-refractivity contribution is 4.56. The van der Waals surface area contributed by atoms with E-state index in [-0.39, 0.29) is 0 Å². The summed E-state index contributed by atoms with van der Waals surface area (Å²) in [5.74, 6) is 0.790. The van der Waals surface area contributed by atoms with Gasteiger partial charge in [0.1, 0.15) is 0 Å². The molecule has 19 heavy (non-hydrogen) atoms. The molecule has 0 aliphatic rings. The fourth-order valence-electron chi connectivity index (χ4n) is 2.26. The van der Waals surface area contributed by atoms with Crippen LogP contribution in [0.1, 0.15) is 78.6 Å². The molecule has 0 heterocycles. The molecule has 0 fully saturated rings. The Bertz CT molecular complexity index is 161. The minimum atomic E-state index is 0.790. The maximum absolute atomic E-state index is 5.81. The van der Waals surface area contributed by atoms with E-state index in [1.54, 1.807) is 0 Å². The summed E-state index contributed by atoms with van der Waals surface area (Å²) in [5, 5.41) is 3.45. The van der Waals surface area contributed by atoms with Gasteiger partial charge in [-0.3, -0.25) is 0 Å². The van der Waals surface area contributed by atoms with Crippen LogP contribution in [0.25, 0.3) is 0 Å². The summed E-state index contributed by atoms with van der Waals surface area (Å²) in [7, 11) is 0. The molecule has 2 heteroatoms. The number of unbranched alkanes of at least 4 members (excludes halogenated alkanes) is 4. The van der Waals surface area contributed by atoms with Gasteiger partial charge in [0, 0.05) is 13.2 Å². The second-order valence-electron chi connectivity index (χ2n) is 5.66. The van der Waals surface area contributed by atoms with Crippen LogP contribution in [0.2, 0.25) is 0 Å². The molecule has 0 aromatic carbocycles. The van der Waals surface area contributed by atoms with Crippen molar-refractivity contribution < 1.29 is 4.74 Å². The van der Waals surface area contributed by atoms with Gasteiger partial charge in [0.05, 0.1) is 0 Å². The van der Waals surface area contributed by atoms with Gasteiger partial charge in [-0.25, -0.2) is 0 Å². The molecule has 0 amide bonds. The monoisotopic (exact) mass is 271 g/mol. The van der Waals surface area contributed by atoms with Crippen LogP contribution in [0.5, 0.6) is 0 Å². The minimum absolute atomic E-state index is 0.790. The van der Waals surface area contributed by atoms with Crippen LogP contribution in [0.15, 0.2) is 0 Å². The summed E-state index contributed by atoms with van der Waals surface area (Å²) in [6, 6.07) is 0. The second kappa shape index (κ2) is 16.0. The van der Waals surface area contributed by atoms with E-state index in [4.69, 9.17) is 4.74 Å². The van der Waals surface area contributed by atoms with Gasteiger partial charge in [-0.05, 0) is 44.7 Å². The molecule has 0 saturated heterocycles. The van der Waals surface area contributed by atoms with Crippen molar-refractivity contribution in [1.82, 2.24) is 5.32 Å². The molecule has 0 aliphatic carbocycles. The van der Waals surface area contributed by atoms with Crippen molar-refractivity contribution in [2.75, 3.05) is 26.3 Å². The van der Waals surface area contributed by atoms with E-state index in [1.807, 2.05) is 0 Å². The third-order valence-electron chi connectivity index (χ3n) is 3.72. The van der Waals surface area contributed by atoms with Gasteiger partial charge >= 0.3 is 0 Å². The Kier molecular flexibility index (Phi) is 15.9. The zero-order valence-electron chi connectivity index (χ0n) is 13.7. The van der Waals surface area contributed by atoms with E-state index in [9.17, 15) is 0 Å². The van der Waals surface area contributed by atoms with Crippen LogP contribution in [-0.4, -0.2) is 26.3 Å². The largest absolute Gasteiger partial charge is 0.381 e. The van der Waals surface area contributed by atoms with E-state index < -0.39 is 0 Å². The van der Waals surface area contributed by atoms with Crippen molar-refractivity contribution >= 4 is 0 Å². The Labute approximate surface area is 121 Å². The van der Waals surface area contributed by atoms with Crippen LogP contribution in [0, 0.1) is 5.92 Å². The standard InChI is InChI=1S/C17H37NO/c1-4-7-12-17(6-3)16-19-15-11-9-8-10-14-18-13-5-2/h17-18H,4-16H2,1-3H3. The highest BCUT2D eigenvalue weighted by Gasteiger charge is 2.05. The molecule has 0 radical (unpaired) electrons. The third-order valence-corrected chi connectivity index (χ3v) is 3.72. The number of hydrogen-bond donors (Lipinski definition) is 1. The molecule has 1 unspecified atom stereocenters. The Morgan fingerprint density at radius 1 is 0.842 bits per heavy atom. The number of hydrogen-bond acceptors (Lipinski definition) is 2. The number of nitrogens with one attached hydrogen (secondary N) is 1. The summed E-state index contributed by atoms with van der Waals surface area (Å²) in [4.78, 5) is 0. The summed E-state index contributed by atoms with van der Waals surface area (Å²) in [5.41, 5.74) is 0. The maximum atomic E-state index is 5.81. The molecule has 0 rings (SSSR count). The first kappa shape index (κ1) is 18.9. The van der Waals surface area contributed by atoms with Gasteiger partial charge < -0.3 is 10.1 Å². The third kappa shape index (κ3) is 14.1. The highest BCUT2D eigenvalue weighted by atomic mass is 16.5. The van der Waals surface area contributed by atoms with Gasteiger partial charge in [0.2, 0.25) is 0 Å². The number of ether oxygens (including phenoxy) is 1. The summed E-state index contributed by atoms with van der Waals surface area (Å²) in [6.45, 7) is 11.1. The molecule has 0 saturated carbocycles. The average Bonchev–Trinajstić information content (AvgIpc) is 2.44. The van der Waals surface area contributed by atoms with Gasteiger partial charge in [-0.15, -0.1) is 0 Å². The smallest absolute Gasteiger partial charge is 0.0494 e. The summed E-state index contributed by atoms with van der Waals surface area (Å²) in [6.07, 6.45) is 11.7. The predicted molar refractivity (Wildman–Crippen MR) is 85.8 cm³/mol. The van der Waals surface area contributed by atoms with Crippen LogP contribution < -0.4 is 5.32 Å². The summed E-state index contributed by atoms with van der Waals surface area (Å²) >= 11 is 0. The quantitative estimate of drug-likeness (QED) is 0.433. The lowest BCUT2D eigenvalue weighted by Crippen LogP contribution is -2.15. The molecule has 0 aliphatic heterocycles. The highest BCUT2D eigenvalue weighted by Crippen LogP contribution is 2.13. The van der Waals surface area contributed by atoms with Gasteiger partial charge in [0.25, 0.3) is 0 Å². The van der Waals surface area contributed by atoms with E-state index in [0.717, 1.165) is 19.1 Å². The van der Waals surface area contributed by atoms with Gasteiger partial charge in [-0.2, -0.15) is 0 Å². The zero-order valence-corrected chi connectivity index (χ0v) is 13.7. The Morgan fingerprint density at radius 2 is 1.63 bits per heavy atom. The molecule has 0 aromatic rings. The molecular weight excluding hydrogens is 234 g/mol. The average molecular weight is 271 g/mol. The van der Waals surface area contributed by atoms with Crippen molar-refractivity contribution in [3.05, 3.63) is 0 Å². The summed E-state index contributed by atoms with van der Waals surface area (Å²) < 4.78 is 5.81. The predicted octanol–water partition coefficient (Wildman–Crippen LogP) is 4.78. The van der Waals surface area contributed by atoms with Crippen molar-refractivity contribution in [3.63, 3.8) is 0 Å². The lowest BCUT2D eigenvalue weighted by Gasteiger charge is -2.14. The van der Waals surface area contributed by atoms with Gasteiger partial charge in [-0.1, -0.05) is 52.9 Å². The van der Waals surface area contributed by atoms with E-state index in [0.29, 0.717) is 0 Å². The van der Waals surface area contributed by atoms with E-state index in [2.05, 4.69) is 26.1 Å². The van der Waals surface area contributed by atoms with E-state index in [1.165, 1.54) is 70.9 Å².